The van der Waals surface area contributed by atoms with Gasteiger partial charge >= 0.3 is 6.03 Å². The van der Waals surface area contributed by atoms with Crippen LogP contribution in [0.4, 0.5) is 10.5 Å². The summed E-state index contributed by atoms with van der Waals surface area (Å²) in [7, 11) is 3.50. The zero-order chi connectivity index (χ0) is 25.6. The predicted molar refractivity (Wildman–Crippen MR) is 140 cm³/mol. The van der Waals surface area contributed by atoms with Gasteiger partial charge in [0.1, 0.15) is 17.3 Å². The number of amides is 4. The summed E-state index contributed by atoms with van der Waals surface area (Å²) in [5.74, 6) is 0.353. The first-order valence-corrected chi connectivity index (χ1v) is 13.2. The van der Waals surface area contributed by atoms with Gasteiger partial charge in [0, 0.05) is 67.2 Å². The number of urea groups is 1. The number of hydrogen-bond acceptors (Lipinski definition) is 4. The number of carbonyl (C=O) groups is 3. The molecule has 0 saturated carbocycles. The number of hydrogen-bond donors (Lipinski definition) is 2. The van der Waals surface area contributed by atoms with E-state index in [0.717, 1.165) is 15.6 Å². The van der Waals surface area contributed by atoms with Gasteiger partial charge in [0.2, 0.25) is 11.8 Å². The van der Waals surface area contributed by atoms with Crippen molar-refractivity contribution in [1.29, 1.82) is 0 Å². The van der Waals surface area contributed by atoms with E-state index in [1.807, 2.05) is 29.2 Å². The third kappa shape index (κ3) is 4.32. The van der Waals surface area contributed by atoms with Crippen molar-refractivity contribution < 1.29 is 19.1 Å². The van der Waals surface area contributed by atoms with Crippen LogP contribution in [0.1, 0.15) is 42.9 Å². The monoisotopic (exact) mass is 574 g/mol. The molecular weight excluding hydrogens is 548 g/mol. The molecule has 10 heteroatoms. The van der Waals surface area contributed by atoms with E-state index >= 15 is 0 Å². The van der Waals surface area contributed by atoms with Crippen LogP contribution in [-0.2, 0) is 15.0 Å². The summed E-state index contributed by atoms with van der Waals surface area (Å²) in [6.07, 6.45) is 1.92. The minimum atomic E-state index is -0.978. The number of nitrogens with one attached hydrogen (secondary N) is 2. The number of piperidine rings is 2. The Bertz CT molecular complexity index is 1230. The van der Waals surface area contributed by atoms with E-state index in [9.17, 15) is 14.4 Å². The molecule has 2 aromatic rings. The fourth-order valence-electron chi connectivity index (χ4n) is 5.53. The highest BCUT2D eigenvalue weighted by Gasteiger charge is 2.56. The van der Waals surface area contributed by atoms with Crippen molar-refractivity contribution in [2.24, 2.45) is 0 Å². The Morgan fingerprint density at radius 1 is 1.17 bits per heavy atom. The third-order valence-corrected chi connectivity index (χ3v) is 8.06. The van der Waals surface area contributed by atoms with Crippen LogP contribution < -0.4 is 15.4 Å². The molecule has 1 spiro atoms. The maximum atomic E-state index is 13.6. The standard InChI is InChI=1S/C26H28BrClN4O4/c1-31(2)25(35)32-11-8-17(9-12-32)36-21-6-3-15(27)13-18(21)23-26(10-7-22(33)30-23)19-5-4-16(28)14-20(19)29-24(26)34/h3-6,13-14,17,23H,7-12H2,1-2H3,(H,29,34)(H,30,33)/t23-,26-/m1/s1. The zero-order valence-corrected chi connectivity index (χ0v) is 22.5. The second kappa shape index (κ2) is 9.59. The van der Waals surface area contributed by atoms with Crippen molar-refractivity contribution in [2.75, 3.05) is 32.5 Å². The maximum absolute atomic E-state index is 13.6. The Hall–Kier alpha value is -2.78. The number of rotatable bonds is 3. The fourth-order valence-corrected chi connectivity index (χ4v) is 6.08. The van der Waals surface area contributed by atoms with E-state index in [0.29, 0.717) is 48.8 Å². The van der Waals surface area contributed by atoms with Crippen molar-refractivity contribution in [1.82, 2.24) is 15.1 Å². The molecule has 5 rings (SSSR count). The number of fused-ring (bicyclic) bond motifs is 2. The first-order chi connectivity index (χ1) is 17.2. The van der Waals surface area contributed by atoms with Crippen LogP contribution in [0.15, 0.2) is 40.9 Å². The minimum Gasteiger partial charge on any atom is -0.490 e. The number of nitrogens with zero attached hydrogens (tertiary/aromatic N) is 2. The van der Waals surface area contributed by atoms with Crippen LogP contribution in [0.2, 0.25) is 5.02 Å². The molecule has 8 nitrogen and oxygen atoms in total. The summed E-state index contributed by atoms with van der Waals surface area (Å²) in [5, 5.41) is 6.62. The lowest BCUT2D eigenvalue weighted by Gasteiger charge is -2.41. The van der Waals surface area contributed by atoms with Gasteiger partial charge in [-0.05, 0) is 42.3 Å². The molecule has 0 unspecified atom stereocenters. The van der Waals surface area contributed by atoms with Crippen LogP contribution >= 0.6 is 27.5 Å². The molecule has 190 valence electrons. The van der Waals surface area contributed by atoms with Crippen LogP contribution in [0, 0.1) is 0 Å². The molecule has 2 saturated heterocycles. The highest BCUT2D eigenvalue weighted by atomic mass is 79.9. The number of benzene rings is 2. The fraction of sp³-hybridized carbons (Fsp3) is 0.423. The summed E-state index contributed by atoms with van der Waals surface area (Å²) in [6.45, 7) is 1.21. The van der Waals surface area contributed by atoms with Crippen molar-refractivity contribution in [3.63, 3.8) is 0 Å². The summed E-state index contributed by atoms with van der Waals surface area (Å²) in [5.41, 5.74) is 1.25. The summed E-state index contributed by atoms with van der Waals surface area (Å²) < 4.78 is 7.31. The topological polar surface area (TPSA) is 91.0 Å². The molecule has 0 radical (unpaired) electrons. The van der Waals surface area contributed by atoms with E-state index in [1.54, 1.807) is 31.1 Å². The lowest BCUT2D eigenvalue weighted by Crippen LogP contribution is -2.52. The van der Waals surface area contributed by atoms with Crippen molar-refractivity contribution in [3.8, 4) is 5.75 Å². The molecule has 3 aliphatic rings. The molecule has 4 amide bonds. The van der Waals surface area contributed by atoms with Gasteiger partial charge < -0.3 is 25.2 Å². The first kappa shape index (κ1) is 24.9. The van der Waals surface area contributed by atoms with Gasteiger partial charge in [0.15, 0.2) is 0 Å². The second-order valence-electron chi connectivity index (χ2n) is 9.78. The molecule has 36 heavy (non-hydrogen) atoms. The number of likely N-dealkylation sites (tertiary alicyclic amines) is 1. The molecule has 2 aromatic carbocycles. The lowest BCUT2D eigenvalue weighted by molar-refractivity contribution is -0.130. The van der Waals surface area contributed by atoms with E-state index in [2.05, 4.69) is 26.6 Å². The summed E-state index contributed by atoms with van der Waals surface area (Å²) >= 11 is 9.76. The van der Waals surface area contributed by atoms with Crippen molar-refractivity contribution in [2.45, 2.75) is 43.2 Å². The Kier molecular flexibility index (Phi) is 6.63. The third-order valence-electron chi connectivity index (χ3n) is 7.33. The maximum Gasteiger partial charge on any atom is 0.319 e. The van der Waals surface area contributed by atoms with Crippen molar-refractivity contribution in [3.05, 3.63) is 57.0 Å². The van der Waals surface area contributed by atoms with Gasteiger partial charge in [-0.15, -0.1) is 0 Å². The van der Waals surface area contributed by atoms with E-state index < -0.39 is 11.5 Å². The summed E-state index contributed by atoms with van der Waals surface area (Å²) in [6, 6.07) is 10.5. The van der Waals surface area contributed by atoms with Gasteiger partial charge in [-0.2, -0.15) is 0 Å². The van der Waals surface area contributed by atoms with Crippen LogP contribution in [0.5, 0.6) is 5.75 Å². The molecule has 3 heterocycles. The molecule has 2 atom stereocenters. The average Bonchev–Trinajstić information content (AvgIpc) is 3.12. The van der Waals surface area contributed by atoms with Gasteiger partial charge in [0.05, 0.1) is 6.04 Å². The van der Waals surface area contributed by atoms with Gasteiger partial charge in [-0.1, -0.05) is 33.6 Å². The Balaban J connectivity index is 1.48. The van der Waals surface area contributed by atoms with E-state index in [4.69, 9.17) is 16.3 Å². The zero-order valence-electron chi connectivity index (χ0n) is 20.1. The van der Waals surface area contributed by atoms with Gasteiger partial charge in [-0.3, -0.25) is 9.59 Å². The smallest absolute Gasteiger partial charge is 0.319 e. The number of carbonyl (C=O) groups excluding carboxylic acids is 3. The highest BCUT2D eigenvalue weighted by molar-refractivity contribution is 9.10. The summed E-state index contributed by atoms with van der Waals surface area (Å²) in [4.78, 5) is 41.9. The van der Waals surface area contributed by atoms with Crippen LogP contribution in [-0.4, -0.2) is 60.9 Å². The molecule has 2 N–H and O–H groups in total. The molecule has 3 aliphatic heterocycles. The van der Waals surface area contributed by atoms with Crippen LogP contribution in [0.3, 0.4) is 0 Å². The molecular formula is C26H28BrClN4O4. The Morgan fingerprint density at radius 2 is 1.92 bits per heavy atom. The average molecular weight is 576 g/mol. The molecule has 0 aromatic heterocycles. The predicted octanol–water partition coefficient (Wildman–Crippen LogP) is 4.47. The molecule has 0 bridgehead atoms. The van der Waals surface area contributed by atoms with E-state index in [1.165, 1.54) is 0 Å². The lowest BCUT2D eigenvalue weighted by atomic mass is 9.67. The van der Waals surface area contributed by atoms with Crippen molar-refractivity contribution >= 4 is 51.1 Å². The highest BCUT2D eigenvalue weighted by Crippen LogP contribution is 2.53. The number of ether oxygens (including phenoxy) is 1. The number of anilines is 1. The Labute approximate surface area is 223 Å². The molecule has 2 fully saturated rings. The quantitative estimate of drug-likeness (QED) is 0.565. The van der Waals surface area contributed by atoms with Gasteiger partial charge in [-0.25, -0.2) is 4.79 Å². The second-order valence-corrected chi connectivity index (χ2v) is 11.1. The van der Waals surface area contributed by atoms with Crippen LogP contribution in [0.25, 0.3) is 0 Å². The normalized spacial score (nSPS) is 23.8. The number of halogens is 2. The SMILES string of the molecule is CN(C)C(=O)N1CCC(Oc2ccc(Br)cc2[C@H]2NC(=O)CC[C@]23C(=O)Nc2cc(Cl)ccc23)CC1. The molecule has 0 aliphatic carbocycles. The first-order valence-electron chi connectivity index (χ1n) is 12.0. The largest absolute Gasteiger partial charge is 0.490 e. The van der Waals surface area contributed by atoms with Gasteiger partial charge in [0.25, 0.3) is 0 Å². The minimum absolute atomic E-state index is 0.00402. The van der Waals surface area contributed by atoms with E-state index in [-0.39, 0.29) is 30.4 Å². The Morgan fingerprint density at radius 3 is 2.64 bits per heavy atom.